The average molecular weight is 387 g/mol. The number of methoxy groups -OCH3 is 1. The second kappa shape index (κ2) is 8.43. The SMILES string of the molecule is COc1ccccc1NC(=O)CCNc1c(-c2ccccc2)nc2cnccn12. The summed E-state index contributed by atoms with van der Waals surface area (Å²) in [5.74, 6) is 1.37. The predicted molar refractivity (Wildman–Crippen MR) is 113 cm³/mol. The molecule has 7 nitrogen and oxygen atoms in total. The highest BCUT2D eigenvalue weighted by Crippen LogP contribution is 2.28. The Morgan fingerprint density at radius 1 is 1.10 bits per heavy atom. The molecule has 0 aliphatic heterocycles. The molecular weight excluding hydrogens is 366 g/mol. The number of amides is 1. The molecule has 2 aromatic carbocycles. The fraction of sp³-hybridized carbons (Fsp3) is 0.136. The first-order chi connectivity index (χ1) is 14.3. The number of carbonyl (C=O) groups is 1. The van der Waals surface area contributed by atoms with Crippen molar-refractivity contribution in [3.63, 3.8) is 0 Å². The fourth-order valence-electron chi connectivity index (χ4n) is 3.13. The minimum atomic E-state index is -0.0984. The first-order valence-electron chi connectivity index (χ1n) is 9.30. The van der Waals surface area contributed by atoms with Gasteiger partial charge in [-0.2, -0.15) is 0 Å². The molecule has 1 amide bonds. The Kier molecular flexibility index (Phi) is 5.38. The van der Waals surface area contributed by atoms with Gasteiger partial charge in [0, 0.05) is 30.9 Å². The van der Waals surface area contributed by atoms with Crippen LogP contribution in [0.5, 0.6) is 5.75 Å². The summed E-state index contributed by atoms with van der Waals surface area (Å²) >= 11 is 0. The van der Waals surface area contributed by atoms with Gasteiger partial charge in [0.25, 0.3) is 0 Å². The monoisotopic (exact) mass is 387 g/mol. The van der Waals surface area contributed by atoms with Crippen molar-refractivity contribution in [1.29, 1.82) is 0 Å². The van der Waals surface area contributed by atoms with Crippen molar-refractivity contribution in [2.75, 3.05) is 24.3 Å². The Morgan fingerprint density at radius 3 is 2.72 bits per heavy atom. The summed E-state index contributed by atoms with van der Waals surface area (Å²) in [6, 6.07) is 17.3. The lowest BCUT2D eigenvalue weighted by molar-refractivity contribution is -0.116. The van der Waals surface area contributed by atoms with Gasteiger partial charge in [-0.05, 0) is 12.1 Å². The third-order valence-corrected chi connectivity index (χ3v) is 4.50. The maximum atomic E-state index is 12.4. The molecule has 0 aliphatic rings. The lowest BCUT2D eigenvalue weighted by atomic mass is 10.1. The van der Waals surface area contributed by atoms with Crippen LogP contribution in [0.15, 0.2) is 73.2 Å². The maximum Gasteiger partial charge on any atom is 0.226 e. The van der Waals surface area contributed by atoms with Gasteiger partial charge in [-0.15, -0.1) is 0 Å². The molecule has 2 aromatic heterocycles. The highest BCUT2D eigenvalue weighted by molar-refractivity contribution is 5.92. The van der Waals surface area contributed by atoms with Crippen molar-refractivity contribution in [3.05, 3.63) is 73.2 Å². The Bertz CT molecular complexity index is 1120. The van der Waals surface area contributed by atoms with Gasteiger partial charge in [0.05, 0.1) is 19.0 Å². The van der Waals surface area contributed by atoms with Crippen LogP contribution < -0.4 is 15.4 Å². The van der Waals surface area contributed by atoms with Crippen molar-refractivity contribution < 1.29 is 9.53 Å². The van der Waals surface area contributed by atoms with E-state index in [0.717, 1.165) is 22.7 Å². The molecule has 146 valence electrons. The molecule has 0 bridgehead atoms. The number of hydrogen-bond acceptors (Lipinski definition) is 5. The van der Waals surface area contributed by atoms with Gasteiger partial charge in [-0.25, -0.2) is 4.98 Å². The number of para-hydroxylation sites is 2. The zero-order valence-electron chi connectivity index (χ0n) is 16.0. The highest BCUT2D eigenvalue weighted by Gasteiger charge is 2.14. The summed E-state index contributed by atoms with van der Waals surface area (Å²) in [7, 11) is 1.58. The lowest BCUT2D eigenvalue weighted by Crippen LogP contribution is -2.17. The fourth-order valence-corrected chi connectivity index (χ4v) is 3.13. The third-order valence-electron chi connectivity index (χ3n) is 4.50. The van der Waals surface area contributed by atoms with Crippen LogP contribution in [0.2, 0.25) is 0 Å². The van der Waals surface area contributed by atoms with Crippen molar-refractivity contribution in [1.82, 2.24) is 14.4 Å². The number of nitrogens with zero attached hydrogens (tertiary/aromatic N) is 3. The topological polar surface area (TPSA) is 80.5 Å². The average Bonchev–Trinajstić information content (AvgIpc) is 3.13. The van der Waals surface area contributed by atoms with Crippen molar-refractivity contribution >= 4 is 23.1 Å². The molecule has 0 atom stereocenters. The Labute approximate surface area is 168 Å². The first kappa shape index (κ1) is 18.5. The largest absolute Gasteiger partial charge is 0.495 e. The molecular formula is C22H21N5O2. The van der Waals surface area contributed by atoms with Crippen LogP contribution in [-0.4, -0.2) is 33.9 Å². The Hall–Kier alpha value is -3.87. The van der Waals surface area contributed by atoms with Gasteiger partial charge < -0.3 is 15.4 Å². The van der Waals surface area contributed by atoms with E-state index >= 15 is 0 Å². The van der Waals surface area contributed by atoms with E-state index in [2.05, 4.69) is 15.6 Å². The summed E-state index contributed by atoms with van der Waals surface area (Å²) < 4.78 is 7.21. The number of aromatic nitrogens is 3. The molecule has 29 heavy (non-hydrogen) atoms. The maximum absolute atomic E-state index is 12.4. The number of carbonyl (C=O) groups excluding carboxylic acids is 1. The van der Waals surface area contributed by atoms with Crippen molar-refractivity contribution in [3.8, 4) is 17.0 Å². The normalized spacial score (nSPS) is 10.7. The number of nitrogens with one attached hydrogen (secondary N) is 2. The van der Waals surface area contributed by atoms with Crippen LogP contribution in [-0.2, 0) is 4.79 Å². The standard InChI is InChI=1S/C22H21N5O2/c1-29-18-10-6-5-9-17(18)25-20(28)11-12-24-22-21(16-7-3-2-4-8-16)26-19-15-23-13-14-27(19)22/h2-10,13-15,24H,11-12H2,1H3,(H,25,28). The molecule has 0 aliphatic carbocycles. The van der Waals surface area contributed by atoms with E-state index in [-0.39, 0.29) is 5.91 Å². The van der Waals surface area contributed by atoms with Crippen LogP contribution in [0.4, 0.5) is 11.5 Å². The second-order valence-electron chi connectivity index (χ2n) is 6.40. The molecule has 0 saturated heterocycles. The summed E-state index contributed by atoms with van der Waals surface area (Å²) in [6.07, 6.45) is 5.58. The number of rotatable bonds is 7. The zero-order valence-corrected chi connectivity index (χ0v) is 16.0. The predicted octanol–water partition coefficient (Wildman–Crippen LogP) is 3.85. The molecule has 7 heteroatoms. The van der Waals surface area contributed by atoms with Crippen LogP contribution >= 0.6 is 0 Å². The molecule has 0 spiro atoms. The van der Waals surface area contributed by atoms with Gasteiger partial charge in [0.1, 0.15) is 17.3 Å². The number of benzene rings is 2. The number of imidazole rings is 1. The quantitative estimate of drug-likeness (QED) is 0.504. The lowest BCUT2D eigenvalue weighted by Gasteiger charge is -2.11. The van der Waals surface area contributed by atoms with E-state index < -0.39 is 0 Å². The minimum absolute atomic E-state index is 0.0984. The number of anilines is 2. The molecule has 4 rings (SSSR count). The Balaban J connectivity index is 1.49. The molecule has 0 saturated carbocycles. The van der Waals surface area contributed by atoms with Crippen LogP contribution in [0.25, 0.3) is 16.9 Å². The zero-order chi connectivity index (χ0) is 20.1. The highest BCUT2D eigenvalue weighted by atomic mass is 16.5. The summed E-state index contributed by atoms with van der Waals surface area (Å²) in [5, 5.41) is 6.25. The van der Waals surface area contributed by atoms with E-state index in [1.165, 1.54) is 0 Å². The van der Waals surface area contributed by atoms with Gasteiger partial charge in [-0.3, -0.25) is 14.2 Å². The summed E-state index contributed by atoms with van der Waals surface area (Å²) in [4.78, 5) is 21.2. The molecule has 2 heterocycles. The third kappa shape index (κ3) is 4.03. The van der Waals surface area contributed by atoms with Crippen LogP contribution in [0.1, 0.15) is 6.42 Å². The smallest absolute Gasteiger partial charge is 0.226 e. The number of hydrogen-bond donors (Lipinski definition) is 2. The van der Waals surface area contributed by atoms with E-state index in [4.69, 9.17) is 9.72 Å². The van der Waals surface area contributed by atoms with Crippen molar-refractivity contribution in [2.45, 2.75) is 6.42 Å². The van der Waals surface area contributed by atoms with Gasteiger partial charge in [0.2, 0.25) is 5.91 Å². The first-order valence-corrected chi connectivity index (χ1v) is 9.30. The number of fused-ring (bicyclic) bond motifs is 1. The summed E-state index contributed by atoms with van der Waals surface area (Å²) in [6.45, 7) is 0.455. The molecule has 4 aromatic rings. The molecule has 0 radical (unpaired) electrons. The second-order valence-corrected chi connectivity index (χ2v) is 6.40. The van der Waals surface area contributed by atoms with E-state index in [1.807, 2.05) is 65.2 Å². The summed E-state index contributed by atoms with van der Waals surface area (Å²) in [5.41, 5.74) is 3.22. The van der Waals surface area contributed by atoms with E-state index in [9.17, 15) is 4.79 Å². The Morgan fingerprint density at radius 2 is 1.90 bits per heavy atom. The van der Waals surface area contributed by atoms with E-state index in [0.29, 0.717) is 24.4 Å². The molecule has 2 N–H and O–H groups in total. The molecule has 0 unspecified atom stereocenters. The van der Waals surface area contributed by atoms with Crippen LogP contribution in [0, 0.1) is 0 Å². The minimum Gasteiger partial charge on any atom is -0.495 e. The van der Waals surface area contributed by atoms with Crippen molar-refractivity contribution in [2.24, 2.45) is 0 Å². The van der Waals surface area contributed by atoms with E-state index in [1.54, 1.807) is 19.5 Å². The molecule has 0 fully saturated rings. The van der Waals surface area contributed by atoms with Gasteiger partial charge in [0.15, 0.2) is 5.65 Å². The van der Waals surface area contributed by atoms with Crippen LogP contribution in [0.3, 0.4) is 0 Å². The number of ether oxygens (including phenoxy) is 1. The van der Waals surface area contributed by atoms with Gasteiger partial charge in [-0.1, -0.05) is 42.5 Å². The van der Waals surface area contributed by atoms with Gasteiger partial charge >= 0.3 is 0 Å².